The zero-order valence-electron chi connectivity index (χ0n) is 20.9. The van der Waals surface area contributed by atoms with Crippen molar-refractivity contribution in [2.45, 2.75) is 39.8 Å². The van der Waals surface area contributed by atoms with E-state index in [1.54, 1.807) is 17.9 Å². The number of ether oxygens (including phenoxy) is 2. The lowest BCUT2D eigenvalue weighted by Crippen LogP contribution is -2.39. The minimum Gasteiger partial charge on any atom is -0.497 e. The van der Waals surface area contributed by atoms with Gasteiger partial charge >= 0.3 is 6.09 Å². The molecule has 0 aliphatic rings. The first-order valence-corrected chi connectivity index (χ1v) is 11.9. The molecule has 0 spiro atoms. The Labute approximate surface area is 209 Å². The molecule has 8 heteroatoms. The lowest BCUT2D eigenvalue weighted by molar-refractivity contribution is 0.176. The van der Waals surface area contributed by atoms with Crippen molar-refractivity contribution in [3.8, 4) is 11.5 Å². The van der Waals surface area contributed by atoms with Gasteiger partial charge in [-0.05, 0) is 60.5 Å². The van der Waals surface area contributed by atoms with Gasteiger partial charge in [0.15, 0.2) is 0 Å². The first-order chi connectivity index (χ1) is 17.3. The molecule has 4 aromatic rings. The highest BCUT2D eigenvalue weighted by Gasteiger charge is 2.17. The molecule has 4 rings (SSSR count). The van der Waals surface area contributed by atoms with Crippen LogP contribution in [0.3, 0.4) is 0 Å². The Hall–Kier alpha value is -4.07. The highest BCUT2D eigenvalue weighted by molar-refractivity contribution is 6.06. The maximum atomic E-state index is 13.7. The minimum absolute atomic E-state index is 0.124. The number of benzene rings is 2. The molecular formula is C28H31N3O5. The number of rotatable bonds is 9. The summed E-state index contributed by atoms with van der Waals surface area (Å²) < 4.78 is 13.0. The highest BCUT2D eigenvalue weighted by Crippen LogP contribution is 2.28. The van der Waals surface area contributed by atoms with Gasteiger partial charge in [-0.3, -0.25) is 9.78 Å². The number of aryl methyl sites for hydroxylation is 1. The largest absolute Gasteiger partial charge is 0.497 e. The molecule has 188 valence electrons. The van der Waals surface area contributed by atoms with E-state index in [-0.39, 0.29) is 18.2 Å². The van der Waals surface area contributed by atoms with Crippen LogP contribution in [0.25, 0.3) is 21.7 Å². The third-order valence-corrected chi connectivity index (χ3v) is 6.18. The summed E-state index contributed by atoms with van der Waals surface area (Å²) in [6.07, 6.45) is 1.29. The fourth-order valence-corrected chi connectivity index (χ4v) is 4.54. The second-order valence-electron chi connectivity index (χ2n) is 9.32. The summed E-state index contributed by atoms with van der Waals surface area (Å²) >= 11 is 0. The number of carboxylic acid groups (broad SMARTS) is 1. The maximum absolute atomic E-state index is 13.7. The van der Waals surface area contributed by atoms with Crippen LogP contribution in [-0.4, -0.2) is 40.5 Å². The third-order valence-electron chi connectivity index (χ3n) is 6.18. The molecule has 0 aliphatic heterocycles. The van der Waals surface area contributed by atoms with Gasteiger partial charge in [0, 0.05) is 17.6 Å². The van der Waals surface area contributed by atoms with Gasteiger partial charge in [-0.15, -0.1) is 0 Å². The molecule has 2 aromatic carbocycles. The van der Waals surface area contributed by atoms with E-state index in [0.29, 0.717) is 35.7 Å². The van der Waals surface area contributed by atoms with Crippen LogP contribution in [-0.2, 0) is 6.54 Å². The Bertz CT molecular complexity index is 1440. The number of carbonyl (C=O) groups is 1. The molecule has 2 aromatic heterocycles. The molecule has 0 radical (unpaired) electrons. The van der Waals surface area contributed by atoms with Crippen molar-refractivity contribution in [3.63, 3.8) is 0 Å². The van der Waals surface area contributed by atoms with Gasteiger partial charge in [0.1, 0.15) is 18.1 Å². The quantitative estimate of drug-likeness (QED) is 0.322. The third kappa shape index (κ3) is 5.43. The number of nitrogens with one attached hydrogen (secondary N) is 1. The van der Waals surface area contributed by atoms with Gasteiger partial charge in [0.2, 0.25) is 0 Å². The number of amides is 1. The van der Waals surface area contributed by atoms with E-state index in [1.807, 2.05) is 69.3 Å². The molecule has 1 amide bonds. The smallest absolute Gasteiger partial charge is 0.404 e. The summed E-state index contributed by atoms with van der Waals surface area (Å²) in [4.78, 5) is 29.3. The Morgan fingerprint density at radius 1 is 1.08 bits per heavy atom. The number of nitrogens with zero attached hydrogens (tertiary/aromatic N) is 2. The van der Waals surface area contributed by atoms with E-state index in [0.717, 1.165) is 27.6 Å². The molecule has 2 heterocycles. The number of aromatic nitrogens is 2. The predicted molar refractivity (Wildman–Crippen MR) is 140 cm³/mol. The zero-order chi connectivity index (χ0) is 25.8. The number of fused-ring (bicyclic) bond motifs is 3. The molecule has 8 nitrogen and oxygen atoms in total. The van der Waals surface area contributed by atoms with Gasteiger partial charge in [0.05, 0.1) is 36.3 Å². The lowest BCUT2D eigenvalue weighted by atomic mass is 10.0. The molecule has 36 heavy (non-hydrogen) atoms. The van der Waals surface area contributed by atoms with Crippen molar-refractivity contribution in [1.29, 1.82) is 0 Å². The zero-order valence-corrected chi connectivity index (χ0v) is 20.9. The average Bonchev–Trinajstić information content (AvgIpc) is 2.84. The number of pyridine rings is 2. The van der Waals surface area contributed by atoms with Crippen LogP contribution >= 0.6 is 0 Å². The number of hydrogen-bond acceptors (Lipinski definition) is 5. The second-order valence-corrected chi connectivity index (χ2v) is 9.32. The van der Waals surface area contributed by atoms with Crippen molar-refractivity contribution in [2.24, 2.45) is 5.92 Å². The Morgan fingerprint density at radius 3 is 2.47 bits per heavy atom. The van der Waals surface area contributed by atoms with E-state index in [4.69, 9.17) is 9.47 Å². The van der Waals surface area contributed by atoms with E-state index >= 15 is 0 Å². The maximum Gasteiger partial charge on any atom is 0.404 e. The van der Waals surface area contributed by atoms with Gasteiger partial charge in [-0.1, -0.05) is 26.0 Å². The van der Waals surface area contributed by atoms with Crippen molar-refractivity contribution in [1.82, 2.24) is 14.9 Å². The van der Waals surface area contributed by atoms with Crippen LogP contribution in [0.5, 0.6) is 11.5 Å². The van der Waals surface area contributed by atoms with Crippen molar-refractivity contribution >= 4 is 27.8 Å². The van der Waals surface area contributed by atoms with E-state index in [2.05, 4.69) is 10.3 Å². The van der Waals surface area contributed by atoms with Crippen LogP contribution in [0.4, 0.5) is 4.79 Å². The molecule has 0 bridgehead atoms. The lowest BCUT2D eigenvalue weighted by Gasteiger charge is -2.20. The molecule has 1 unspecified atom stereocenters. The van der Waals surface area contributed by atoms with Gasteiger partial charge in [0.25, 0.3) is 5.56 Å². The van der Waals surface area contributed by atoms with E-state index < -0.39 is 6.09 Å². The minimum atomic E-state index is -1.08. The summed E-state index contributed by atoms with van der Waals surface area (Å²) in [6.45, 7) is 6.47. The highest BCUT2D eigenvalue weighted by atomic mass is 16.5. The van der Waals surface area contributed by atoms with Gasteiger partial charge in [-0.25, -0.2) is 4.79 Å². The summed E-state index contributed by atoms with van der Waals surface area (Å²) in [5.41, 5.74) is 2.24. The summed E-state index contributed by atoms with van der Waals surface area (Å²) in [5.74, 6) is 1.62. The van der Waals surface area contributed by atoms with Crippen LogP contribution in [0, 0.1) is 12.8 Å². The fourth-order valence-electron chi connectivity index (χ4n) is 4.54. The van der Waals surface area contributed by atoms with Crippen LogP contribution in [0.15, 0.2) is 59.5 Å². The molecule has 0 aliphatic carbocycles. The molecule has 0 saturated heterocycles. The van der Waals surface area contributed by atoms with Crippen molar-refractivity contribution < 1.29 is 19.4 Å². The molecule has 0 fully saturated rings. The predicted octanol–water partition coefficient (Wildman–Crippen LogP) is 4.98. The molecule has 2 N–H and O–H groups in total. The molecule has 1 atom stereocenters. The monoisotopic (exact) mass is 489 g/mol. The summed E-state index contributed by atoms with van der Waals surface area (Å²) in [5, 5.41) is 14.1. The molecule has 0 saturated carbocycles. The normalized spacial score (nSPS) is 12.1. The first kappa shape index (κ1) is 25.0. The van der Waals surface area contributed by atoms with E-state index in [9.17, 15) is 14.7 Å². The average molecular weight is 490 g/mol. The van der Waals surface area contributed by atoms with Crippen LogP contribution < -0.4 is 20.3 Å². The summed E-state index contributed by atoms with van der Waals surface area (Å²) in [6, 6.07) is 14.8. The number of methoxy groups -OCH3 is 1. The van der Waals surface area contributed by atoms with E-state index in [1.165, 1.54) is 0 Å². The Balaban J connectivity index is 1.78. The Kier molecular flexibility index (Phi) is 7.43. The van der Waals surface area contributed by atoms with Crippen molar-refractivity contribution in [3.05, 3.63) is 76.3 Å². The summed E-state index contributed by atoms with van der Waals surface area (Å²) in [7, 11) is 1.62. The Morgan fingerprint density at radius 2 is 1.81 bits per heavy atom. The molecular weight excluding hydrogens is 458 g/mol. The number of hydrogen-bond donors (Lipinski definition) is 2. The fraction of sp³-hybridized carbons (Fsp3) is 0.321. The second kappa shape index (κ2) is 10.7. The van der Waals surface area contributed by atoms with Gasteiger partial charge < -0.3 is 24.5 Å². The van der Waals surface area contributed by atoms with Crippen LogP contribution in [0.2, 0.25) is 0 Å². The first-order valence-electron chi connectivity index (χ1n) is 11.9. The standard InChI is InChI=1S/C28H31N3O5/c1-17(2)13-20(30-28(33)34)16-36-22-9-10-23-24-11-12-29-18(3)26(24)27(32)31(25(23)14-22)15-19-5-7-21(35-4)8-6-19/h5-12,14,17,20,30H,13,15-16H2,1-4H3,(H,33,34). The SMILES string of the molecule is COc1ccc(Cn2c(=O)c3c(C)nccc3c3ccc(OCC(CC(C)C)NC(=O)O)cc32)cc1. The van der Waals surface area contributed by atoms with Crippen molar-refractivity contribution in [2.75, 3.05) is 13.7 Å². The van der Waals surface area contributed by atoms with Crippen LogP contribution in [0.1, 0.15) is 31.5 Å². The van der Waals surface area contributed by atoms with Gasteiger partial charge in [-0.2, -0.15) is 0 Å². The topological polar surface area (TPSA) is 103 Å².